The Morgan fingerprint density at radius 1 is 1.30 bits per heavy atom. The molecule has 0 bridgehead atoms. The van der Waals surface area contributed by atoms with Crippen molar-refractivity contribution >= 4 is 17.3 Å². The molecule has 0 atom stereocenters. The monoisotopic (exact) mass is 311 g/mol. The van der Waals surface area contributed by atoms with E-state index in [4.69, 9.17) is 4.74 Å². The van der Waals surface area contributed by atoms with Gasteiger partial charge in [-0.2, -0.15) is 5.10 Å². The maximum absolute atomic E-state index is 12.2. The normalized spacial score (nSPS) is 10.7. The minimum Gasteiger partial charge on any atom is -0.460 e. The summed E-state index contributed by atoms with van der Waals surface area (Å²) in [7, 11) is 1.93. The first-order valence-corrected chi connectivity index (χ1v) is 7.23. The molecule has 0 unspecified atom stereocenters. The molecule has 0 aliphatic heterocycles. The highest BCUT2D eigenvalue weighted by atomic mass is 16.5. The van der Waals surface area contributed by atoms with Gasteiger partial charge in [-0.15, -0.1) is 0 Å². The van der Waals surface area contributed by atoms with Gasteiger partial charge in [-0.05, 0) is 24.6 Å². The number of esters is 1. The molecule has 3 aromatic rings. The van der Waals surface area contributed by atoms with Crippen molar-refractivity contribution in [3.05, 3.63) is 54.2 Å². The molecule has 0 aliphatic rings. The Morgan fingerprint density at radius 2 is 2.09 bits per heavy atom. The molecule has 118 valence electrons. The molecular formula is C16H17N5O2. The van der Waals surface area contributed by atoms with Crippen molar-refractivity contribution in [3.8, 4) is 0 Å². The average Bonchev–Trinajstić information content (AvgIpc) is 2.98. The van der Waals surface area contributed by atoms with Gasteiger partial charge in [-0.3, -0.25) is 4.98 Å². The van der Waals surface area contributed by atoms with Crippen LogP contribution >= 0.6 is 0 Å². The van der Waals surface area contributed by atoms with E-state index >= 15 is 0 Å². The number of fused-ring (bicyclic) bond motifs is 1. The minimum atomic E-state index is -0.417. The molecule has 3 rings (SSSR count). The topological polar surface area (TPSA) is 72.6 Å². The first-order valence-electron chi connectivity index (χ1n) is 7.23. The van der Waals surface area contributed by atoms with E-state index in [1.807, 2.05) is 37.2 Å². The summed E-state index contributed by atoms with van der Waals surface area (Å²) in [5, 5.41) is 4.13. The predicted octanol–water partition coefficient (Wildman–Crippen LogP) is 1.73. The fourth-order valence-corrected chi connectivity index (χ4v) is 2.19. The number of aromatic nitrogens is 4. The van der Waals surface area contributed by atoms with Crippen LogP contribution in [0.4, 0.5) is 5.69 Å². The molecule has 0 fully saturated rings. The van der Waals surface area contributed by atoms with Gasteiger partial charge in [0, 0.05) is 37.5 Å². The van der Waals surface area contributed by atoms with Crippen LogP contribution in [-0.4, -0.2) is 45.8 Å². The van der Waals surface area contributed by atoms with Crippen LogP contribution in [0.2, 0.25) is 0 Å². The third-order valence-corrected chi connectivity index (χ3v) is 3.47. The second kappa shape index (κ2) is 6.43. The van der Waals surface area contributed by atoms with Gasteiger partial charge in [-0.25, -0.2) is 14.3 Å². The number of hydrogen-bond acceptors (Lipinski definition) is 6. The summed E-state index contributed by atoms with van der Waals surface area (Å²) in [5.74, 6) is -0.417. The lowest BCUT2D eigenvalue weighted by molar-refractivity contribution is 0.0518. The third kappa shape index (κ3) is 3.28. The molecule has 0 spiro atoms. The van der Waals surface area contributed by atoms with E-state index in [-0.39, 0.29) is 6.61 Å². The fourth-order valence-electron chi connectivity index (χ4n) is 2.19. The Balaban J connectivity index is 1.61. The number of hydrogen-bond donors (Lipinski definition) is 0. The molecule has 0 saturated carbocycles. The highest BCUT2D eigenvalue weighted by molar-refractivity contribution is 5.95. The van der Waals surface area contributed by atoms with Gasteiger partial charge in [0.05, 0.1) is 12.7 Å². The smallest absolute Gasteiger partial charge is 0.343 e. The van der Waals surface area contributed by atoms with Crippen LogP contribution in [0.5, 0.6) is 0 Å². The van der Waals surface area contributed by atoms with Crippen molar-refractivity contribution in [1.29, 1.82) is 0 Å². The Labute approximate surface area is 133 Å². The molecule has 3 heterocycles. The number of ether oxygens (including phenoxy) is 1. The summed E-state index contributed by atoms with van der Waals surface area (Å²) >= 11 is 0. The van der Waals surface area contributed by atoms with E-state index in [1.165, 1.54) is 6.20 Å². The van der Waals surface area contributed by atoms with E-state index in [0.717, 1.165) is 11.3 Å². The van der Waals surface area contributed by atoms with E-state index in [9.17, 15) is 4.79 Å². The van der Waals surface area contributed by atoms with Crippen LogP contribution in [0.3, 0.4) is 0 Å². The molecule has 0 amide bonds. The van der Waals surface area contributed by atoms with Crippen molar-refractivity contribution in [2.45, 2.75) is 6.92 Å². The van der Waals surface area contributed by atoms with Crippen molar-refractivity contribution < 1.29 is 9.53 Å². The van der Waals surface area contributed by atoms with Crippen molar-refractivity contribution in [3.63, 3.8) is 0 Å². The predicted molar refractivity (Wildman–Crippen MR) is 85.5 cm³/mol. The number of carbonyl (C=O) groups is 1. The summed E-state index contributed by atoms with van der Waals surface area (Å²) in [6, 6.07) is 3.80. The lowest BCUT2D eigenvalue weighted by atomic mass is 10.3. The number of likely N-dealkylation sites (N-methyl/N-ethyl adjacent to an activating group) is 1. The van der Waals surface area contributed by atoms with Gasteiger partial charge in [-0.1, -0.05) is 0 Å². The van der Waals surface area contributed by atoms with Crippen LogP contribution in [-0.2, 0) is 4.74 Å². The maximum Gasteiger partial charge on any atom is 0.343 e. The van der Waals surface area contributed by atoms with Crippen LogP contribution in [0, 0.1) is 6.92 Å². The molecule has 0 aromatic carbocycles. The summed E-state index contributed by atoms with van der Waals surface area (Å²) in [6.45, 7) is 2.78. The van der Waals surface area contributed by atoms with Crippen LogP contribution < -0.4 is 4.90 Å². The van der Waals surface area contributed by atoms with Gasteiger partial charge < -0.3 is 9.64 Å². The molecule has 7 heteroatoms. The highest BCUT2D eigenvalue weighted by Gasteiger charge is 2.15. The molecule has 3 aromatic heterocycles. The third-order valence-electron chi connectivity index (χ3n) is 3.47. The lowest BCUT2D eigenvalue weighted by Crippen LogP contribution is -2.23. The summed E-state index contributed by atoms with van der Waals surface area (Å²) in [5.41, 5.74) is 2.86. The summed E-state index contributed by atoms with van der Waals surface area (Å²) in [6.07, 6.45) is 8.45. The molecular weight excluding hydrogens is 294 g/mol. The van der Waals surface area contributed by atoms with E-state index in [0.29, 0.717) is 17.8 Å². The van der Waals surface area contributed by atoms with E-state index < -0.39 is 5.97 Å². The van der Waals surface area contributed by atoms with Crippen molar-refractivity contribution in [2.75, 3.05) is 25.1 Å². The van der Waals surface area contributed by atoms with E-state index in [1.54, 1.807) is 23.1 Å². The zero-order chi connectivity index (χ0) is 16.2. The van der Waals surface area contributed by atoms with Crippen LogP contribution in [0.15, 0.2) is 43.1 Å². The SMILES string of the molecule is Cc1cnc2c(C(=O)OCCN(C)c3ccncc3)cnn2c1. The van der Waals surface area contributed by atoms with Crippen LogP contribution in [0.1, 0.15) is 15.9 Å². The van der Waals surface area contributed by atoms with Crippen LogP contribution in [0.25, 0.3) is 5.65 Å². The Bertz CT molecular complexity index is 816. The van der Waals surface area contributed by atoms with Gasteiger partial charge >= 0.3 is 5.97 Å². The number of rotatable bonds is 5. The molecule has 0 saturated heterocycles. The highest BCUT2D eigenvalue weighted by Crippen LogP contribution is 2.11. The molecule has 0 N–H and O–H groups in total. The Kier molecular flexibility index (Phi) is 4.18. The quantitative estimate of drug-likeness (QED) is 0.668. The minimum absolute atomic E-state index is 0.279. The van der Waals surface area contributed by atoms with Crippen molar-refractivity contribution in [1.82, 2.24) is 19.6 Å². The number of carbonyl (C=O) groups excluding carboxylic acids is 1. The number of nitrogens with zero attached hydrogens (tertiary/aromatic N) is 5. The second-order valence-electron chi connectivity index (χ2n) is 5.22. The van der Waals surface area contributed by atoms with Gasteiger partial charge in [0.2, 0.25) is 0 Å². The first kappa shape index (κ1) is 15.0. The largest absolute Gasteiger partial charge is 0.460 e. The second-order valence-corrected chi connectivity index (χ2v) is 5.22. The summed E-state index contributed by atoms with van der Waals surface area (Å²) < 4.78 is 6.91. The average molecular weight is 311 g/mol. The number of anilines is 1. The van der Waals surface area contributed by atoms with E-state index in [2.05, 4.69) is 15.1 Å². The standard InChI is InChI=1S/C16H17N5O2/c1-12-9-18-15-14(10-19-21(15)11-12)16(22)23-8-7-20(2)13-3-5-17-6-4-13/h3-6,9-11H,7-8H2,1-2H3. The summed E-state index contributed by atoms with van der Waals surface area (Å²) in [4.78, 5) is 22.4. The van der Waals surface area contributed by atoms with Gasteiger partial charge in [0.25, 0.3) is 0 Å². The van der Waals surface area contributed by atoms with Gasteiger partial charge in [0.1, 0.15) is 12.2 Å². The fraction of sp³-hybridized carbons (Fsp3) is 0.250. The zero-order valence-electron chi connectivity index (χ0n) is 13.0. The zero-order valence-corrected chi connectivity index (χ0v) is 13.0. The number of aryl methyl sites for hydroxylation is 1. The van der Waals surface area contributed by atoms with Crippen molar-refractivity contribution in [2.24, 2.45) is 0 Å². The Morgan fingerprint density at radius 3 is 2.87 bits per heavy atom. The molecule has 23 heavy (non-hydrogen) atoms. The molecule has 7 nitrogen and oxygen atoms in total. The Hall–Kier alpha value is -2.96. The lowest BCUT2D eigenvalue weighted by Gasteiger charge is -2.18. The molecule has 0 radical (unpaired) electrons. The molecule has 0 aliphatic carbocycles. The first-order chi connectivity index (χ1) is 11.1. The van der Waals surface area contributed by atoms with Gasteiger partial charge in [0.15, 0.2) is 5.65 Å². The number of pyridine rings is 1. The maximum atomic E-state index is 12.2.